The van der Waals surface area contributed by atoms with Crippen LogP contribution in [0.15, 0.2) is 54.6 Å². The molecule has 3 aromatic rings. The zero-order valence-corrected chi connectivity index (χ0v) is 18.7. The molecular weight excluding hydrogens is 388 g/mol. The van der Waals surface area contributed by atoms with E-state index in [1.807, 2.05) is 48.5 Å². The number of hydrogen-bond donors (Lipinski definition) is 1. The lowest BCUT2D eigenvalue weighted by atomic mass is 10.0. The Morgan fingerprint density at radius 1 is 1.00 bits per heavy atom. The van der Waals surface area contributed by atoms with Crippen molar-refractivity contribution < 1.29 is 14.3 Å². The summed E-state index contributed by atoms with van der Waals surface area (Å²) in [6, 6.07) is 17.7. The number of anilines is 1. The minimum absolute atomic E-state index is 0.279. The van der Waals surface area contributed by atoms with Crippen LogP contribution in [-0.2, 0) is 19.3 Å². The Balaban J connectivity index is 1.91. The molecule has 2 aromatic carbocycles. The molecule has 1 amide bonds. The normalized spacial score (nSPS) is 10.7. The Hall–Kier alpha value is -3.34. The van der Waals surface area contributed by atoms with E-state index in [2.05, 4.69) is 19.2 Å². The summed E-state index contributed by atoms with van der Waals surface area (Å²) >= 11 is 0. The molecule has 0 bridgehead atoms. The van der Waals surface area contributed by atoms with E-state index in [0.29, 0.717) is 30.2 Å². The van der Waals surface area contributed by atoms with Gasteiger partial charge in [0.2, 0.25) is 5.69 Å². The highest BCUT2D eigenvalue weighted by atomic mass is 16.5. The average Bonchev–Trinajstić information content (AvgIpc) is 2.78. The van der Waals surface area contributed by atoms with Gasteiger partial charge in [-0.3, -0.25) is 4.79 Å². The minimum atomic E-state index is -0.326. The molecule has 0 saturated carbocycles. The van der Waals surface area contributed by atoms with Crippen LogP contribution in [0.1, 0.15) is 52.3 Å². The maximum Gasteiger partial charge on any atom is 0.265 e. The van der Waals surface area contributed by atoms with Gasteiger partial charge in [-0.05, 0) is 29.5 Å². The molecule has 1 heterocycles. The predicted octanol–water partition coefficient (Wildman–Crippen LogP) is 4.94. The summed E-state index contributed by atoms with van der Waals surface area (Å²) in [5.74, 6) is 0.106. The first-order valence-electron chi connectivity index (χ1n) is 10.8. The van der Waals surface area contributed by atoms with Crippen molar-refractivity contribution in [1.82, 2.24) is 0 Å². The van der Waals surface area contributed by atoms with E-state index in [4.69, 9.17) is 4.74 Å². The molecule has 5 heteroatoms. The quantitative estimate of drug-likeness (QED) is 0.416. The minimum Gasteiger partial charge on any atom is -0.618 e. The lowest BCUT2D eigenvalue weighted by Crippen LogP contribution is -2.37. The molecule has 0 radical (unpaired) electrons. The van der Waals surface area contributed by atoms with Gasteiger partial charge < -0.3 is 15.3 Å². The molecule has 1 aromatic heterocycles. The zero-order chi connectivity index (χ0) is 22.4. The molecule has 3 rings (SSSR count). The van der Waals surface area contributed by atoms with Crippen molar-refractivity contribution in [2.45, 2.75) is 47.0 Å². The Bertz CT molecular complexity index is 1040. The fourth-order valence-corrected chi connectivity index (χ4v) is 3.76. The molecule has 0 aliphatic heterocycles. The number of carbonyl (C=O) groups excluding carboxylic acids is 1. The molecule has 0 aliphatic carbocycles. The monoisotopic (exact) mass is 418 g/mol. The van der Waals surface area contributed by atoms with Crippen LogP contribution in [0.4, 0.5) is 5.69 Å². The first-order chi connectivity index (χ1) is 15.0. The van der Waals surface area contributed by atoms with Crippen LogP contribution in [0.3, 0.4) is 0 Å². The Labute approximate surface area is 184 Å². The van der Waals surface area contributed by atoms with Crippen LogP contribution in [0.5, 0.6) is 5.75 Å². The van der Waals surface area contributed by atoms with E-state index < -0.39 is 0 Å². The van der Waals surface area contributed by atoms with Crippen molar-refractivity contribution in [2.24, 2.45) is 0 Å². The molecule has 0 fully saturated rings. The molecular formula is C26H30N2O3. The van der Waals surface area contributed by atoms with E-state index in [1.54, 1.807) is 19.9 Å². The van der Waals surface area contributed by atoms with Crippen molar-refractivity contribution >= 4 is 11.6 Å². The Morgan fingerprint density at radius 2 is 1.65 bits per heavy atom. The van der Waals surface area contributed by atoms with Crippen LogP contribution in [0.2, 0.25) is 0 Å². The van der Waals surface area contributed by atoms with Gasteiger partial charge in [-0.2, -0.15) is 4.73 Å². The van der Waals surface area contributed by atoms with E-state index in [1.165, 1.54) is 0 Å². The lowest BCUT2D eigenvalue weighted by molar-refractivity contribution is -0.619. The molecule has 0 saturated heterocycles. The van der Waals surface area contributed by atoms with Gasteiger partial charge in [0, 0.05) is 32.0 Å². The molecule has 31 heavy (non-hydrogen) atoms. The highest BCUT2D eigenvalue weighted by Crippen LogP contribution is 2.27. The number of carbonyl (C=O) groups is 1. The smallest absolute Gasteiger partial charge is 0.265 e. The van der Waals surface area contributed by atoms with Crippen LogP contribution < -0.4 is 14.8 Å². The molecule has 1 N–H and O–H groups in total. The van der Waals surface area contributed by atoms with Gasteiger partial charge in [-0.15, -0.1) is 0 Å². The summed E-state index contributed by atoms with van der Waals surface area (Å²) in [5.41, 5.74) is 5.22. The number of amides is 1. The summed E-state index contributed by atoms with van der Waals surface area (Å²) in [5, 5.41) is 15.6. The van der Waals surface area contributed by atoms with Crippen LogP contribution in [0.25, 0.3) is 0 Å². The van der Waals surface area contributed by atoms with Crippen molar-refractivity contribution in [3.63, 3.8) is 0 Å². The van der Waals surface area contributed by atoms with Crippen molar-refractivity contribution in [3.05, 3.63) is 93.4 Å². The van der Waals surface area contributed by atoms with Gasteiger partial charge >= 0.3 is 0 Å². The third kappa shape index (κ3) is 5.05. The van der Waals surface area contributed by atoms with Crippen molar-refractivity contribution in [1.29, 1.82) is 0 Å². The molecule has 162 valence electrons. The lowest BCUT2D eigenvalue weighted by Gasteiger charge is -2.18. The number of para-hydroxylation sites is 1. The highest BCUT2D eigenvalue weighted by molar-refractivity contribution is 6.07. The summed E-state index contributed by atoms with van der Waals surface area (Å²) < 4.78 is 6.80. The summed E-state index contributed by atoms with van der Waals surface area (Å²) in [4.78, 5) is 13.3. The number of nitrogens with one attached hydrogen (secondary N) is 1. The van der Waals surface area contributed by atoms with Gasteiger partial charge in [0.05, 0.1) is 6.61 Å². The zero-order valence-electron chi connectivity index (χ0n) is 18.7. The van der Waals surface area contributed by atoms with E-state index in [9.17, 15) is 10.0 Å². The topological polar surface area (TPSA) is 65.3 Å². The summed E-state index contributed by atoms with van der Waals surface area (Å²) in [6.45, 7) is 7.91. The SMILES string of the molecule is CCc1cccc(CC)c1NC(=O)c1c(OCCc2ccccc2)cc(C)[n+]([O-])c1C. The maximum atomic E-state index is 13.3. The van der Waals surface area contributed by atoms with Gasteiger partial charge in [-0.1, -0.05) is 62.4 Å². The number of nitrogens with zero attached hydrogens (tertiary/aromatic N) is 1. The van der Waals surface area contributed by atoms with E-state index in [-0.39, 0.29) is 11.5 Å². The number of ether oxygens (including phenoxy) is 1. The molecule has 0 spiro atoms. The average molecular weight is 419 g/mol. The number of hydrogen-bond acceptors (Lipinski definition) is 3. The van der Waals surface area contributed by atoms with Crippen molar-refractivity contribution in [3.8, 4) is 5.75 Å². The number of aromatic nitrogens is 1. The van der Waals surface area contributed by atoms with Crippen LogP contribution >= 0.6 is 0 Å². The van der Waals surface area contributed by atoms with Gasteiger partial charge in [-0.25, -0.2) is 0 Å². The third-order valence-corrected chi connectivity index (χ3v) is 5.53. The standard InChI is InChI=1S/C26H30N2O3/c1-5-21-13-10-14-22(6-2)25(21)27-26(29)24-19(4)28(30)18(3)17-23(24)31-16-15-20-11-8-7-9-12-20/h7-14,17H,5-6,15-16H2,1-4H3,(H,27,29). The van der Waals surface area contributed by atoms with Gasteiger partial charge in [0.15, 0.2) is 5.69 Å². The second-order valence-corrected chi connectivity index (χ2v) is 7.60. The van der Waals surface area contributed by atoms with Gasteiger partial charge in [0.1, 0.15) is 11.3 Å². The molecule has 5 nitrogen and oxygen atoms in total. The fourth-order valence-electron chi connectivity index (χ4n) is 3.76. The Morgan fingerprint density at radius 3 is 2.26 bits per heavy atom. The number of pyridine rings is 1. The molecule has 0 aliphatic rings. The maximum absolute atomic E-state index is 13.3. The number of rotatable bonds is 8. The number of aryl methyl sites for hydroxylation is 3. The van der Waals surface area contributed by atoms with Gasteiger partial charge in [0.25, 0.3) is 5.91 Å². The highest BCUT2D eigenvalue weighted by Gasteiger charge is 2.25. The second-order valence-electron chi connectivity index (χ2n) is 7.60. The van der Waals surface area contributed by atoms with Crippen LogP contribution in [-0.4, -0.2) is 12.5 Å². The third-order valence-electron chi connectivity index (χ3n) is 5.53. The van der Waals surface area contributed by atoms with E-state index >= 15 is 0 Å². The van der Waals surface area contributed by atoms with Crippen molar-refractivity contribution in [2.75, 3.05) is 11.9 Å². The summed E-state index contributed by atoms with van der Waals surface area (Å²) in [7, 11) is 0. The summed E-state index contributed by atoms with van der Waals surface area (Å²) in [6.07, 6.45) is 2.32. The predicted molar refractivity (Wildman–Crippen MR) is 124 cm³/mol. The first kappa shape index (κ1) is 22.3. The Kier molecular flexibility index (Phi) is 7.29. The number of benzene rings is 2. The first-order valence-corrected chi connectivity index (χ1v) is 10.8. The van der Waals surface area contributed by atoms with E-state index in [0.717, 1.165) is 39.9 Å². The van der Waals surface area contributed by atoms with Crippen LogP contribution in [0, 0.1) is 19.1 Å². The fraction of sp³-hybridized carbons (Fsp3) is 0.308. The largest absolute Gasteiger partial charge is 0.618 e. The molecule has 0 atom stereocenters. The second kappa shape index (κ2) is 10.1. The molecule has 0 unspecified atom stereocenters.